The minimum atomic E-state index is -0.0751. The quantitative estimate of drug-likeness (QED) is 0.473. The first kappa shape index (κ1) is 16.4. The predicted molar refractivity (Wildman–Crippen MR) is 72.0 cm³/mol. The van der Waals surface area contributed by atoms with Crippen molar-refractivity contribution in [2.45, 2.75) is 65.9 Å². The molecule has 0 spiro atoms. The molecule has 0 aromatic heterocycles. The van der Waals surface area contributed by atoms with Crippen LogP contribution in [-0.2, 0) is 9.53 Å². The van der Waals surface area contributed by atoms with Crippen LogP contribution in [0.15, 0.2) is 0 Å². The van der Waals surface area contributed by atoms with Crippen molar-refractivity contribution in [3.8, 4) is 0 Å². The van der Waals surface area contributed by atoms with Crippen LogP contribution in [0.4, 0.5) is 0 Å². The van der Waals surface area contributed by atoms with Crippen LogP contribution in [0.5, 0.6) is 0 Å². The Labute approximate surface area is 106 Å². The molecule has 0 amide bonds. The first-order valence-electron chi connectivity index (χ1n) is 7.03. The Kier molecular flexibility index (Phi) is 10.2. The standard InChI is InChI=1S/C14H29NO2/c1-5-7-8-9-10-13(4)17-14(16)12(3)11-15-6-2/h12-13,15H,5-11H2,1-4H3. The summed E-state index contributed by atoms with van der Waals surface area (Å²) in [5.74, 6) is -0.123. The van der Waals surface area contributed by atoms with Crippen molar-refractivity contribution in [1.29, 1.82) is 0 Å². The summed E-state index contributed by atoms with van der Waals surface area (Å²) in [4.78, 5) is 11.7. The lowest BCUT2D eigenvalue weighted by Crippen LogP contribution is -2.29. The summed E-state index contributed by atoms with van der Waals surface area (Å²) in [6, 6.07) is 0. The Morgan fingerprint density at radius 3 is 2.47 bits per heavy atom. The van der Waals surface area contributed by atoms with E-state index in [-0.39, 0.29) is 18.0 Å². The molecule has 0 aromatic carbocycles. The highest BCUT2D eigenvalue weighted by atomic mass is 16.5. The molecule has 0 fully saturated rings. The molecular formula is C14H29NO2. The second kappa shape index (κ2) is 10.6. The maximum absolute atomic E-state index is 11.7. The Bertz CT molecular complexity index is 195. The molecular weight excluding hydrogens is 214 g/mol. The van der Waals surface area contributed by atoms with Crippen molar-refractivity contribution >= 4 is 5.97 Å². The first-order chi connectivity index (χ1) is 8.11. The van der Waals surface area contributed by atoms with Crippen LogP contribution in [0.1, 0.15) is 59.8 Å². The molecule has 0 saturated heterocycles. The van der Waals surface area contributed by atoms with E-state index in [9.17, 15) is 4.79 Å². The molecule has 0 saturated carbocycles. The van der Waals surface area contributed by atoms with Crippen LogP contribution < -0.4 is 5.32 Å². The van der Waals surface area contributed by atoms with Gasteiger partial charge in [0.05, 0.1) is 12.0 Å². The highest BCUT2D eigenvalue weighted by Crippen LogP contribution is 2.09. The van der Waals surface area contributed by atoms with E-state index in [0.29, 0.717) is 6.54 Å². The van der Waals surface area contributed by atoms with Gasteiger partial charge in [0.2, 0.25) is 0 Å². The van der Waals surface area contributed by atoms with E-state index in [2.05, 4.69) is 12.2 Å². The minimum absolute atomic E-state index is 0.0481. The van der Waals surface area contributed by atoms with Crippen molar-refractivity contribution < 1.29 is 9.53 Å². The SMILES string of the molecule is CCCCCCC(C)OC(=O)C(C)CNCC. The molecule has 0 aliphatic carbocycles. The number of ether oxygens (including phenoxy) is 1. The second-order valence-electron chi connectivity index (χ2n) is 4.81. The summed E-state index contributed by atoms with van der Waals surface area (Å²) in [5.41, 5.74) is 0. The lowest BCUT2D eigenvalue weighted by Gasteiger charge is -2.17. The molecule has 3 heteroatoms. The Morgan fingerprint density at radius 2 is 1.88 bits per heavy atom. The topological polar surface area (TPSA) is 38.3 Å². The van der Waals surface area contributed by atoms with E-state index in [1.165, 1.54) is 19.3 Å². The summed E-state index contributed by atoms with van der Waals surface area (Å²) >= 11 is 0. The van der Waals surface area contributed by atoms with E-state index in [1.54, 1.807) is 0 Å². The van der Waals surface area contributed by atoms with E-state index in [1.807, 2.05) is 20.8 Å². The molecule has 1 N–H and O–H groups in total. The molecule has 0 heterocycles. The van der Waals surface area contributed by atoms with Gasteiger partial charge in [-0.25, -0.2) is 0 Å². The van der Waals surface area contributed by atoms with Gasteiger partial charge in [-0.3, -0.25) is 4.79 Å². The third-order valence-corrected chi connectivity index (χ3v) is 2.88. The van der Waals surface area contributed by atoms with E-state index >= 15 is 0 Å². The zero-order valence-corrected chi connectivity index (χ0v) is 11.9. The summed E-state index contributed by atoms with van der Waals surface area (Å²) in [5, 5.41) is 3.16. The third-order valence-electron chi connectivity index (χ3n) is 2.88. The van der Waals surface area contributed by atoms with Crippen LogP contribution in [0.2, 0.25) is 0 Å². The number of carbonyl (C=O) groups excluding carboxylic acids is 1. The average Bonchev–Trinajstić information content (AvgIpc) is 2.31. The van der Waals surface area contributed by atoms with Gasteiger partial charge >= 0.3 is 5.97 Å². The molecule has 2 atom stereocenters. The van der Waals surface area contributed by atoms with Crippen molar-refractivity contribution in [1.82, 2.24) is 5.32 Å². The van der Waals surface area contributed by atoms with Crippen LogP contribution >= 0.6 is 0 Å². The fourth-order valence-corrected chi connectivity index (χ4v) is 1.68. The Morgan fingerprint density at radius 1 is 1.18 bits per heavy atom. The van der Waals surface area contributed by atoms with Gasteiger partial charge < -0.3 is 10.1 Å². The molecule has 2 unspecified atom stereocenters. The molecule has 0 aliphatic rings. The van der Waals surface area contributed by atoms with Gasteiger partial charge in [-0.05, 0) is 26.3 Å². The third kappa shape index (κ3) is 9.16. The number of hydrogen-bond acceptors (Lipinski definition) is 3. The van der Waals surface area contributed by atoms with Gasteiger partial charge in [0.15, 0.2) is 0 Å². The second-order valence-corrected chi connectivity index (χ2v) is 4.81. The fourth-order valence-electron chi connectivity index (χ4n) is 1.68. The van der Waals surface area contributed by atoms with Crippen molar-refractivity contribution in [3.05, 3.63) is 0 Å². The predicted octanol–water partition coefficient (Wildman–Crippen LogP) is 3.13. The number of esters is 1. The molecule has 0 rings (SSSR count). The summed E-state index contributed by atoms with van der Waals surface area (Å²) < 4.78 is 5.41. The van der Waals surface area contributed by atoms with Crippen LogP contribution in [-0.4, -0.2) is 25.2 Å². The van der Waals surface area contributed by atoms with Gasteiger partial charge in [-0.15, -0.1) is 0 Å². The lowest BCUT2D eigenvalue weighted by molar-refractivity contribution is -0.152. The Hall–Kier alpha value is -0.570. The molecule has 3 nitrogen and oxygen atoms in total. The fraction of sp³-hybridized carbons (Fsp3) is 0.929. The normalized spacial score (nSPS) is 14.4. The molecule has 0 aliphatic heterocycles. The monoisotopic (exact) mass is 243 g/mol. The van der Waals surface area contributed by atoms with Crippen LogP contribution in [0.25, 0.3) is 0 Å². The van der Waals surface area contributed by atoms with Crippen LogP contribution in [0.3, 0.4) is 0 Å². The van der Waals surface area contributed by atoms with E-state index in [0.717, 1.165) is 19.4 Å². The van der Waals surface area contributed by atoms with Crippen molar-refractivity contribution in [2.24, 2.45) is 5.92 Å². The highest BCUT2D eigenvalue weighted by Gasteiger charge is 2.16. The minimum Gasteiger partial charge on any atom is -0.462 e. The molecule has 0 aromatic rings. The number of hydrogen-bond donors (Lipinski definition) is 1. The van der Waals surface area contributed by atoms with Crippen LogP contribution in [0, 0.1) is 5.92 Å². The number of carbonyl (C=O) groups is 1. The Balaban J connectivity index is 3.63. The number of unbranched alkanes of at least 4 members (excludes halogenated alkanes) is 3. The smallest absolute Gasteiger partial charge is 0.310 e. The van der Waals surface area contributed by atoms with Gasteiger partial charge in [0, 0.05) is 6.54 Å². The molecule has 0 bridgehead atoms. The maximum Gasteiger partial charge on any atom is 0.310 e. The molecule has 17 heavy (non-hydrogen) atoms. The number of rotatable bonds is 10. The van der Waals surface area contributed by atoms with Crippen molar-refractivity contribution in [3.63, 3.8) is 0 Å². The zero-order valence-electron chi connectivity index (χ0n) is 11.9. The number of nitrogens with one attached hydrogen (secondary N) is 1. The van der Waals surface area contributed by atoms with Gasteiger partial charge in [-0.2, -0.15) is 0 Å². The maximum atomic E-state index is 11.7. The van der Waals surface area contributed by atoms with Crippen molar-refractivity contribution in [2.75, 3.05) is 13.1 Å². The summed E-state index contributed by atoms with van der Waals surface area (Å²) in [6.45, 7) is 9.74. The average molecular weight is 243 g/mol. The largest absolute Gasteiger partial charge is 0.462 e. The van der Waals surface area contributed by atoms with Gasteiger partial charge in [0.25, 0.3) is 0 Å². The summed E-state index contributed by atoms with van der Waals surface area (Å²) in [7, 11) is 0. The van der Waals surface area contributed by atoms with Gasteiger partial charge in [0.1, 0.15) is 0 Å². The lowest BCUT2D eigenvalue weighted by atomic mass is 10.1. The molecule has 102 valence electrons. The first-order valence-corrected chi connectivity index (χ1v) is 7.03. The highest BCUT2D eigenvalue weighted by molar-refractivity contribution is 5.72. The zero-order chi connectivity index (χ0) is 13.1. The van der Waals surface area contributed by atoms with E-state index < -0.39 is 0 Å². The van der Waals surface area contributed by atoms with Gasteiger partial charge in [-0.1, -0.05) is 40.0 Å². The van der Waals surface area contributed by atoms with E-state index in [4.69, 9.17) is 4.74 Å². The molecule has 0 radical (unpaired) electrons. The summed E-state index contributed by atoms with van der Waals surface area (Å²) in [6.07, 6.45) is 5.96.